The molecular formula is C28H36IrNO3Se-. The van der Waals surface area contributed by atoms with Gasteiger partial charge in [-0.2, -0.15) is 0 Å². The molecule has 2 heterocycles. The molecule has 0 aliphatic carbocycles. The molecule has 0 fully saturated rings. The summed E-state index contributed by atoms with van der Waals surface area (Å²) < 4.78 is 7.04. The van der Waals surface area contributed by atoms with Gasteiger partial charge < -0.3 is 5.11 Å². The van der Waals surface area contributed by atoms with E-state index in [9.17, 15) is 9.90 Å². The van der Waals surface area contributed by atoms with Crippen LogP contribution in [0.25, 0.3) is 9.65 Å². The number of benzene rings is 1. The summed E-state index contributed by atoms with van der Waals surface area (Å²) in [6.45, 7) is 12.1. The van der Waals surface area contributed by atoms with Gasteiger partial charge in [-0.15, -0.1) is 0 Å². The number of rotatable bonds is 9. The Balaban J connectivity index is 0.000000330. The van der Waals surface area contributed by atoms with Gasteiger partial charge >= 0.3 is 99.1 Å². The van der Waals surface area contributed by atoms with Gasteiger partial charge in [-0.1, -0.05) is 41.5 Å². The molecule has 6 heteroatoms. The molecule has 0 unspecified atom stereocenters. The van der Waals surface area contributed by atoms with Gasteiger partial charge in [-0.05, 0) is 25.7 Å². The SMILES string of the molecule is CCC(C)(CC)C(=O)/C=C(\O)C(C)(CC)CC.[Ir].[c-]1ccccc1Oc1nccc2[se]ccc12. The molecule has 4 nitrogen and oxygen atoms in total. The molecule has 0 bridgehead atoms. The molecule has 3 aromatic rings. The molecule has 0 saturated heterocycles. The van der Waals surface area contributed by atoms with E-state index in [1.165, 1.54) is 10.3 Å². The van der Waals surface area contributed by atoms with Crippen LogP contribution >= 0.6 is 0 Å². The molecule has 34 heavy (non-hydrogen) atoms. The van der Waals surface area contributed by atoms with Gasteiger partial charge in [0.2, 0.25) is 0 Å². The zero-order valence-corrected chi connectivity index (χ0v) is 25.1. The first kappa shape index (κ1) is 30.3. The summed E-state index contributed by atoms with van der Waals surface area (Å²) in [5.74, 6) is 1.67. The third-order valence-corrected chi connectivity index (χ3v) is 8.68. The number of pyridine rings is 1. The van der Waals surface area contributed by atoms with Crippen LogP contribution in [0.15, 0.2) is 59.4 Å². The number of ether oxygens (including phenoxy) is 1. The molecule has 0 aliphatic rings. The first-order chi connectivity index (χ1) is 15.7. The molecule has 1 N–H and O–H groups in total. The second-order valence-corrected chi connectivity index (χ2v) is 10.7. The van der Waals surface area contributed by atoms with Crippen molar-refractivity contribution >= 4 is 29.9 Å². The molecule has 0 aliphatic heterocycles. The molecule has 187 valence electrons. The summed E-state index contributed by atoms with van der Waals surface area (Å²) in [7, 11) is 0. The van der Waals surface area contributed by atoms with E-state index in [0.717, 1.165) is 31.1 Å². The first-order valence-electron chi connectivity index (χ1n) is 11.6. The third-order valence-electron chi connectivity index (χ3n) is 6.83. The Morgan fingerprint density at radius 3 is 2.26 bits per heavy atom. The zero-order valence-electron chi connectivity index (χ0n) is 21.0. The quantitative estimate of drug-likeness (QED) is 0.108. The van der Waals surface area contributed by atoms with Crippen LogP contribution in [0.5, 0.6) is 11.6 Å². The van der Waals surface area contributed by atoms with E-state index < -0.39 is 0 Å². The number of fused-ring (bicyclic) bond motifs is 1. The number of para-hydroxylation sites is 1. The Bertz CT molecular complexity index is 1050. The van der Waals surface area contributed by atoms with E-state index in [1.54, 1.807) is 6.20 Å². The molecular weight excluding hydrogens is 669 g/mol. The van der Waals surface area contributed by atoms with Crippen molar-refractivity contribution in [3.05, 3.63) is 65.4 Å². The minimum atomic E-state index is -0.337. The Morgan fingerprint density at radius 1 is 1.06 bits per heavy atom. The average Bonchev–Trinajstić information content (AvgIpc) is 3.34. The van der Waals surface area contributed by atoms with E-state index in [-0.39, 0.29) is 42.5 Å². The van der Waals surface area contributed by atoms with Gasteiger partial charge in [-0.25, -0.2) is 0 Å². The number of allylic oxidation sites excluding steroid dienone is 2. The van der Waals surface area contributed by atoms with Gasteiger partial charge in [0.1, 0.15) is 5.76 Å². The predicted octanol–water partition coefficient (Wildman–Crippen LogP) is 7.53. The van der Waals surface area contributed by atoms with Crippen molar-refractivity contribution in [3.8, 4) is 11.6 Å². The van der Waals surface area contributed by atoms with Crippen molar-refractivity contribution in [3.63, 3.8) is 0 Å². The second kappa shape index (κ2) is 14.0. The first-order valence-corrected chi connectivity index (χ1v) is 13.5. The van der Waals surface area contributed by atoms with Crippen LogP contribution in [-0.2, 0) is 24.9 Å². The topological polar surface area (TPSA) is 59.4 Å². The minimum absolute atomic E-state index is 0. The molecule has 0 atom stereocenters. The number of hydrogen-bond donors (Lipinski definition) is 1. The molecule has 1 radical (unpaired) electrons. The summed E-state index contributed by atoms with van der Waals surface area (Å²) >= 11 is 0.427. The van der Waals surface area contributed by atoms with E-state index in [1.807, 2.05) is 65.8 Å². The van der Waals surface area contributed by atoms with E-state index in [2.05, 4.69) is 28.1 Å². The average molecular weight is 706 g/mol. The second-order valence-electron chi connectivity index (χ2n) is 8.71. The summed E-state index contributed by atoms with van der Waals surface area (Å²) in [4.78, 5) is 18.6. The van der Waals surface area contributed by atoms with Crippen molar-refractivity contribution in [2.24, 2.45) is 10.8 Å². The fourth-order valence-corrected chi connectivity index (χ4v) is 4.80. The summed E-state index contributed by atoms with van der Waals surface area (Å²) in [5.41, 5.74) is -0.603. The Labute approximate surface area is 223 Å². The van der Waals surface area contributed by atoms with Crippen LogP contribution in [-0.4, -0.2) is 30.4 Å². The Kier molecular flexibility index (Phi) is 12.5. The van der Waals surface area contributed by atoms with Crippen LogP contribution < -0.4 is 4.74 Å². The standard InChI is InChI=1S/C15H28O2.C13H8NOSe.Ir/c1-7-14(5,8-2)12(16)11-13(17)15(6,9-3)10-4;1-2-4-10(5-3-1)15-13-11-7-9-16-12(11)6-8-14-13;/h11,16H,7-10H2,1-6H3;1-4,6-9H;/q;-1;/b12-11-;;. The number of carbonyl (C=O) groups is 1. The number of ketones is 1. The summed E-state index contributed by atoms with van der Waals surface area (Å²) in [6.07, 6.45) is 6.55. The number of aromatic nitrogens is 1. The Morgan fingerprint density at radius 2 is 1.71 bits per heavy atom. The number of aliphatic hydroxyl groups is 1. The van der Waals surface area contributed by atoms with Crippen LogP contribution in [0.3, 0.4) is 0 Å². The molecule has 3 rings (SSSR count). The van der Waals surface area contributed by atoms with Crippen molar-refractivity contribution in [1.29, 1.82) is 0 Å². The van der Waals surface area contributed by atoms with Crippen molar-refractivity contribution in [2.45, 2.75) is 67.2 Å². The van der Waals surface area contributed by atoms with Crippen LogP contribution in [0.4, 0.5) is 0 Å². The fourth-order valence-electron chi connectivity index (χ4n) is 3.18. The maximum atomic E-state index is 12.2. The molecule has 1 aromatic carbocycles. The Hall–Kier alpha value is -1.71. The summed E-state index contributed by atoms with van der Waals surface area (Å²) in [5, 5.41) is 11.2. The van der Waals surface area contributed by atoms with E-state index in [4.69, 9.17) is 4.74 Å². The van der Waals surface area contributed by atoms with E-state index in [0.29, 0.717) is 26.1 Å². The van der Waals surface area contributed by atoms with Gasteiger partial charge in [0.05, 0.1) is 0 Å². The van der Waals surface area contributed by atoms with Crippen LogP contribution in [0.1, 0.15) is 67.2 Å². The fraction of sp³-hybridized carbons (Fsp3) is 0.429. The van der Waals surface area contributed by atoms with Gasteiger partial charge in [0, 0.05) is 37.0 Å². The van der Waals surface area contributed by atoms with Crippen LogP contribution in [0, 0.1) is 16.9 Å². The van der Waals surface area contributed by atoms with Crippen molar-refractivity contribution < 1.29 is 34.7 Å². The number of nitrogens with zero attached hydrogens (tertiary/aromatic N) is 1. The normalized spacial score (nSPS) is 11.9. The predicted molar refractivity (Wildman–Crippen MR) is 137 cm³/mol. The number of hydrogen-bond acceptors (Lipinski definition) is 4. The number of carbonyl (C=O) groups excluding carboxylic acids is 1. The zero-order chi connectivity index (χ0) is 24.5. The van der Waals surface area contributed by atoms with Crippen molar-refractivity contribution in [2.75, 3.05) is 0 Å². The molecule has 0 amide bonds. The van der Waals surface area contributed by atoms with Gasteiger partial charge in [0.15, 0.2) is 5.78 Å². The summed E-state index contributed by atoms with van der Waals surface area (Å²) in [6, 6.07) is 14.7. The van der Waals surface area contributed by atoms with Crippen LogP contribution in [0.2, 0.25) is 0 Å². The van der Waals surface area contributed by atoms with Gasteiger partial charge in [0.25, 0.3) is 0 Å². The maximum absolute atomic E-state index is 12.2. The molecule has 2 aromatic heterocycles. The molecule has 0 spiro atoms. The van der Waals surface area contributed by atoms with Gasteiger partial charge in [-0.3, -0.25) is 4.79 Å². The van der Waals surface area contributed by atoms with E-state index >= 15 is 0 Å². The van der Waals surface area contributed by atoms with Crippen molar-refractivity contribution in [1.82, 2.24) is 4.98 Å². The molecule has 0 saturated carbocycles. The number of aliphatic hydroxyl groups excluding tert-OH is 1. The monoisotopic (exact) mass is 707 g/mol. The third kappa shape index (κ3) is 7.65.